The van der Waals surface area contributed by atoms with Crippen LogP contribution in [0.1, 0.15) is 59.3 Å². The Hall–Kier alpha value is -1.30. The maximum atomic E-state index is 12.1. The number of rotatable bonds is 4. The molecule has 2 rings (SSSR count). The van der Waals surface area contributed by atoms with E-state index >= 15 is 0 Å². The number of carbonyl (C=O) groups excluding carboxylic acids is 2. The molecule has 1 saturated carbocycles. The van der Waals surface area contributed by atoms with E-state index in [1.54, 1.807) is 4.90 Å². The summed E-state index contributed by atoms with van der Waals surface area (Å²) in [7, 11) is 1.46. The second-order valence-electron chi connectivity index (χ2n) is 8.24. The lowest BCUT2D eigenvalue weighted by Crippen LogP contribution is -2.43. The minimum Gasteiger partial charge on any atom is -0.469 e. The highest BCUT2D eigenvalue weighted by atomic mass is 16.6. The normalized spacial score (nSPS) is 25.5. The van der Waals surface area contributed by atoms with Gasteiger partial charge >= 0.3 is 12.1 Å². The van der Waals surface area contributed by atoms with Gasteiger partial charge in [-0.15, -0.1) is 0 Å². The van der Waals surface area contributed by atoms with Gasteiger partial charge < -0.3 is 19.1 Å². The Morgan fingerprint density at radius 3 is 2.12 bits per heavy atom. The zero-order valence-corrected chi connectivity index (χ0v) is 16.1. The number of esters is 1. The summed E-state index contributed by atoms with van der Waals surface area (Å²) in [5.41, 5.74) is -0.451. The molecule has 0 aromatic rings. The lowest BCUT2D eigenvalue weighted by molar-refractivity contribution is -0.147. The molecule has 6 nitrogen and oxygen atoms in total. The summed E-state index contributed by atoms with van der Waals surface area (Å²) >= 11 is 0. The third-order valence-corrected chi connectivity index (χ3v) is 5.04. The molecule has 25 heavy (non-hydrogen) atoms. The topological polar surface area (TPSA) is 65.1 Å². The Morgan fingerprint density at radius 1 is 1.00 bits per heavy atom. The van der Waals surface area contributed by atoms with Crippen molar-refractivity contribution in [1.82, 2.24) is 4.90 Å². The van der Waals surface area contributed by atoms with Gasteiger partial charge in [0.05, 0.1) is 19.1 Å². The van der Waals surface area contributed by atoms with E-state index in [1.165, 1.54) is 7.11 Å². The van der Waals surface area contributed by atoms with Crippen LogP contribution in [0.5, 0.6) is 0 Å². The van der Waals surface area contributed by atoms with Crippen molar-refractivity contribution in [2.24, 2.45) is 11.8 Å². The lowest BCUT2D eigenvalue weighted by Gasteiger charge is -2.34. The van der Waals surface area contributed by atoms with Crippen LogP contribution in [0.25, 0.3) is 0 Å². The van der Waals surface area contributed by atoms with Crippen molar-refractivity contribution in [3.63, 3.8) is 0 Å². The Kier molecular flexibility index (Phi) is 7.11. The Labute approximate surface area is 151 Å². The fourth-order valence-electron chi connectivity index (χ4n) is 3.54. The SMILES string of the molecule is COC(=O)C1CCC(COC2CCN(C(=O)OC(C)(C)C)CC2)CC1. The number of hydrogen-bond acceptors (Lipinski definition) is 5. The van der Waals surface area contributed by atoms with E-state index in [0.29, 0.717) is 19.0 Å². The second-order valence-corrected chi connectivity index (χ2v) is 8.24. The molecule has 2 fully saturated rings. The molecule has 0 N–H and O–H groups in total. The fourth-order valence-corrected chi connectivity index (χ4v) is 3.54. The van der Waals surface area contributed by atoms with E-state index in [4.69, 9.17) is 14.2 Å². The Morgan fingerprint density at radius 2 is 1.60 bits per heavy atom. The van der Waals surface area contributed by atoms with E-state index in [0.717, 1.165) is 45.1 Å². The minimum absolute atomic E-state index is 0.0679. The summed E-state index contributed by atoms with van der Waals surface area (Å²) < 4.78 is 16.3. The van der Waals surface area contributed by atoms with E-state index < -0.39 is 5.60 Å². The number of methoxy groups -OCH3 is 1. The molecule has 0 radical (unpaired) electrons. The highest BCUT2D eigenvalue weighted by molar-refractivity contribution is 5.72. The quantitative estimate of drug-likeness (QED) is 0.723. The summed E-state index contributed by atoms with van der Waals surface area (Å²) in [6.07, 6.45) is 5.56. The number of hydrogen-bond donors (Lipinski definition) is 0. The van der Waals surface area contributed by atoms with Gasteiger partial charge in [-0.2, -0.15) is 0 Å². The van der Waals surface area contributed by atoms with E-state index in [1.807, 2.05) is 20.8 Å². The first-order valence-corrected chi connectivity index (χ1v) is 9.46. The van der Waals surface area contributed by atoms with Gasteiger partial charge in [-0.25, -0.2) is 4.79 Å². The van der Waals surface area contributed by atoms with Crippen LogP contribution in [0.15, 0.2) is 0 Å². The van der Waals surface area contributed by atoms with Gasteiger partial charge in [0.2, 0.25) is 0 Å². The van der Waals surface area contributed by atoms with Crippen LogP contribution in [-0.4, -0.2) is 55.5 Å². The summed E-state index contributed by atoms with van der Waals surface area (Å²) in [5, 5.41) is 0. The molecular formula is C19H33NO5. The van der Waals surface area contributed by atoms with Gasteiger partial charge in [0, 0.05) is 19.7 Å². The fraction of sp³-hybridized carbons (Fsp3) is 0.895. The largest absolute Gasteiger partial charge is 0.469 e. The monoisotopic (exact) mass is 355 g/mol. The molecule has 0 aromatic heterocycles. The molecule has 2 aliphatic rings. The van der Waals surface area contributed by atoms with Gasteiger partial charge in [0.15, 0.2) is 0 Å². The number of ether oxygens (including phenoxy) is 3. The molecule has 0 atom stereocenters. The molecule has 0 bridgehead atoms. The highest BCUT2D eigenvalue weighted by Crippen LogP contribution is 2.30. The third kappa shape index (κ3) is 6.49. The number of amides is 1. The smallest absolute Gasteiger partial charge is 0.410 e. The second kappa shape index (κ2) is 8.88. The molecule has 6 heteroatoms. The van der Waals surface area contributed by atoms with Crippen molar-refractivity contribution < 1.29 is 23.8 Å². The van der Waals surface area contributed by atoms with Crippen molar-refractivity contribution in [2.75, 3.05) is 26.8 Å². The zero-order valence-electron chi connectivity index (χ0n) is 16.1. The minimum atomic E-state index is -0.451. The maximum Gasteiger partial charge on any atom is 0.410 e. The van der Waals surface area contributed by atoms with Crippen LogP contribution >= 0.6 is 0 Å². The number of nitrogens with zero attached hydrogens (tertiary/aromatic N) is 1. The van der Waals surface area contributed by atoms with Crippen LogP contribution in [0.4, 0.5) is 4.79 Å². The van der Waals surface area contributed by atoms with Gasteiger partial charge in [-0.05, 0) is 65.2 Å². The van der Waals surface area contributed by atoms with Crippen LogP contribution in [0, 0.1) is 11.8 Å². The number of likely N-dealkylation sites (tertiary alicyclic amines) is 1. The van der Waals surface area contributed by atoms with Gasteiger partial charge in [-0.3, -0.25) is 4.79 Å². The molecule has 0 aromatic carbocycles. The lowest BCUT2D eigenvalue weighted by atomic mass is 9.82. The predicted molar refractivity (Wildman–Crippen MR) is 94.2 cm³/mol. The van der Waals surface area contributed by atoms with Crippen LogP contribution in [0.2, 0.25) is 0 Å². The van der Waals surface area contributed by atoms with Crippen molar-refractivity contribution in [2.45, 2.75) is 71.0 Å². The first-order chi connectivity index (χ1) is 11.8. The summed E-state index contributed by atoms with van der Waals surface area (Å²) in [4.78, 5) is 25.4. The van der Waals surface area contributed by atoms with Crippen molar-refractivity contribution in [3.05, 3.63) is 0 Å². The predicted octanol–water partition coefficient (Wildman–Crippen LogP) is 3.38. The molecule has 1 aliphatic carbocycles. The molecule has 1 amide bonds. The standard InChI is InChI=1S/C19H33NO5/c1-19(2,3)25-18(22)20-11-9-16(10-12-20)24-13-14-5-7-15(8-6-14)17(21)23-4/h14-16H,5-13H2,1-4H3. The maximum absolute atomic E-state index is 12.1. The zero-order chi connectivity index (χ0) is 18.4. The average molecular weight is 355 g/mol. The first kappa shape index (κ1) is 20.0. The molecule has 0 unspecified atom stereocenters. The molecule has 1 aliphatic heterocycles. The van der Waals surface area contributed by atoms with Gasteiger partial charge in [0.1, 0.15) is 5.60 Å². The molecule has 0 spiro atoms. The molecule has 1 heterocycles. The summed E-state index contributed by atoms with van der Waals surface area (Å²) in [6, 6.07) is 0. The van der Waals surface area contributed by atoms with Gasteiger partial charge in [0.25, 0.3) is 0 Å². The van der Waals surface area contributed by atoms with Crippen molar-refractivity contribution >= 4 is 12.1 Å². The summed E-state index contributed by atoms with van der Waals surface area (Å²) in [5.74, 6) is 0.525. The van der Waals surface area contributed by atoms with Crippen LogP contribution < -0.4 is 0 Å². The molecular weight excluding hydrogens is 322 g/mol. The van der Waals surface area contributed by atoms with Crippen LogP contribution in [-0.2, 0) is 19.0 Å². The Balaban J connectivity index is 1.63. The Bertz CT molecular complexity index is 443. The van der Waals surface area contributed by atoms with Crippen molar-refractivity contribution in [3.8, 4) is 0 Å². The van der Waals surface area contributed by atoms with Crippen molar-refractivity contribution in [1.29, 1.82) is 0 Å². The van der Waals surface area contributed by atoms with E-state index in [9.17, 15) is 9.59 Å². The first-order valence-electron chi connectivity index (χ1n) is 9.46. The van der Waals surface area contributed by atoms with Crippen LogP contribution in [0.3, 0.4) is 0 Å². The number of carbonyl (C=O) groups is 2. The third-order valence-electron chi connectivity index (χ3n) is 5.04. The van der Waals surface area contributed by atoms with E-state index in [-0.39, 0.29) is 24.1 Å². The summed E-state index contributed by atoms with van der Waals surface area (Å²) in [6.45, 7) is 7.79. The molecule has 144 valence electrons. The average Bonchev–Trinajstić information content (AvgIpc) is 2.58. The van der Waals surface area contributed by atoms with E-state index in [2.05, 4.69) is 0 Å². The molecule has 1 saturated heterocycles. The highest BCUT2D eigenvalue weighted by Gasteiger charge is 2.29. The number of piperidine rings is 1. The van der Waals surface area contributed by atoms with Gasteiger partial charge in [-0.1, -0.05) is 0 Å².